The monoisotopic (exact) mass is 339 g/mol. The standard InChI is InChI=1S/C21H29N3O/c1-8-15(4)22-19-13-16(5)23-24-20(19)12-14(3)21(24)18(9-2)11-10-17(6)25-7/h9-13,15,22H,2,8H2,1,3-7H3/b17-10+,18-11+. The van der Waals surface area contributed by atoms with Crippen LogP contribution in [0.5, 0.6) is 0 Å². The van der Waals surface area contributed by atoms with Gasteiger partial charge in [-0.1, -0.05) is 19.6 Å². The summed E-state index contributed by atoms with van der Waals surface area (Å²) >= 11 is 0. The largest absolute Gasteiger partial charge is 0.501 e. The van der Waals surface area contributed by atoms with E-state index in [9.17, 15) is 0 Å². The lowest BCUT2D eigenvalue weighted by molar-refractivity contribution is 0.294. The summed E-state index contributed by atoms with van der Waals surface area (Å²) in [5, 5.41) is 8.34. The van der Waals surface area contributed by atoms with Crippen LogP contribution in [-0.2, 0) is 4.74 Å². The van der Waals surface area contributed by atoms with E-state index in [1.807, 2.05) is 36.6 Å². The van der Waals surface area contributed by atoms with Crippen molar-refractivity contribution in [3.8, 4) is 0 Å². The first-order valence-corrected chi connectivity index (χ1v) is 8.73. The molecular weight excluding hydrogens is 310 g/mol. The number of hydrogen-bond donors (Lipinski definition) is 1. The molecule has 4 nitrogen and oxygen atoms in total. The van der Waals surface area contributed by atoms with Gasteiger partial charge in [0.15, 0.2) is 0 Å². The molecular formula is C21H29N3O. The lowest BCUT2D eigenvalue weighted by Crippen LogP contribution is -2.15. The van der Waals surface area contributed by atoms with E-state index in [4.69, 9.17) is 9.84 Å². The van der Waals surface area contributed by atoms with Crippen molar-refractivity contribution >= 4 is 16.8 Å². The topological polar surface area (TPSA) is 38.6 Å². The lowest BCUT2D eigenvalue weighted by Gasteiger charge is -2.15. The van der Waals surface area contributed by atoms with Crippen molar-refractivity contribution in [3.63, 3.8) is 0 Å². The van der Waals surface area contributed by atoms with Crippen LogP contribution in [0.4, 0.5) is 5.69 Å². The summed E-state index contributed by atoms with van der Waals surface area (Å²) in [6.45, 7) is 14.4. The van der Waals surface area contributed by atoms with Crippen LogP contribution >= 0.6 is 0 Å². The molecule has 0 fully saturated rings. The Morgan fingerprint density at radius 1 is 1.36 bits per heavy atom. The number of ether oxygens (including phenoxy) is 1. The van der Waals surface area contributed by atoms with Gasteiger partial charge in [-0.15, -0.1) is 0 Å². The third kappa shape index (κ3) is 4.13. The van der Waals surface area contributed by atoms with Crippen molar-refractivity contribution in [2.75, 3.05) is 12.4 Å². The predicted octanol–water partition coefficient (Wildman–Crippen LogP) is 5.28. The molecule has 0 saturated heterocycles. The smallest absolute Gasteiger partial charge is 0.0924 e. The average Bonchev–Trinajstić information content (AvgIpc) is 2.91. The minimum Gasteiger partial charge on any atom is -0.501 e. The molecule has 4 heteroatoms. The van der Waals surface area contributed by atoms with Crippen LogP contribution in [0, 0.1) is 13.8 Å². The minimum absolute atomic E-state index is 0.408. The fourth-order valence-corrected chi connectivity index (χ4v) is 2.74. The van der Waals surface area contributed by atoms with Crippen molar-refractivity contribution in [2.24, 2.45) is 0 Å². The number of allylic oxidation sites excluding steroid dienone is 5. The molecule has 0 amide bonds. The second kappa shape index (κ2) is 8.06. The van der Waals surface area contributed by atoms with Crippen molar-refractivity contribution in [2.45, 2.75) is 47.1 Å². The minimum atomic E-state index is 0.408. The van der Waals surface area contributed by atoms with Gasteiger partial charge < -0.3 is 10.1 Å². The molecule has 2 heterocycles. The zero-order valence-electron chi connectivity index (χ0n) is 16.2. The fourth-order valence-electron chi connectivity index (χ4n) is 2.74. The van der Waals surface area contributed by atoms with Crippen molar-refractivity contribution in [3.05, 3.63) is 59.7 Å². The van der Waals surface area contributed by atoms with E-state index < -0.39 is 0 Å². The molecule has 25 heavy (non-hydrogen) atoms. The van der Waals surface area contributed by atoms with E-state index in [2.05, 4.69) is 44.8 Å². The van der Waals surface area contributed by atoms with E-state index in [0.29, 0.717) is 6.04 Å². The van der Waals surface area contributed by atoms with Gasteiger partial charge in [0.05, 0.1) is 35.5 Å². The van der Waals surface area contributed by atoms with Crippen molar-refractivity contribution < 1.29 is 4.74 Å². The summed E-state index contributed by atoms with van der Waals surface area (Å²) in [6.07, 6.45) is 6.90. The van der Waals surface area contributed by atoms with E-state index in [1.165, 1.54) is 5.56 Å². The second-order valence-electron chi connectivity index (χ2n) is 6.43. The molecule has 2 rings (SSSR count). The highest BCUT2D eigenvalue weighted by Gasteiger charge is 2.15. The zero-order valence-corrected chi connectivity index (χ0v) is 16.2. The summed E-state index contributed by atoms with van der Waals surface area (Å²) in [7, 11) is 1.67. The SMILES string of the molecule is C=C/C(=C\C=C(/C)OC)c1c(C)cc2c(NC(C)CC)cc(C)nn12. The molecule has 134 valence electrons. The Hall–Kier alpha value is -2.49. The van der Waals surface area contributed by atoms with Gasteiger partial charge in [-0.3, -0.25) is 0 Å². The highest BCUT2D eigenvalue weighted by molar-refractivity contribution is 5.82. The summed E-state index contributed by atoms with van der Waals surface area (Å²) in [5.74, 6) is 0.848. The van der Waals surface area contributed by atoms with E-state index in [1.54, 1.807) is 7.11 Å². The Balaban J connectivity index is 2.65. The quantitative estimate of drug-likeness (QED) is 0.551. The van der Waals surface area contributed by atoms with Crippen LogP contribution in [0.3, 0.4) is 0 Å². The molecule has 0 aliphatic rings. The van der Waals surface area contributed by atoms with Crippen LogP contribution in [0.1, 0.15) is 44.1 Å². The molecule has 1 N–H and O–H groups in total. The van der Waals surface area contributed by atoms with Gasteiger partial charge in [0.1, 0.15) is 0 Å². The number of hydrogen-bond acceptors (Lipinski definition) is 3. The van der Waals surface area contributed by atoms with Crippen LogP contribution in [-0.4, -0.2) is 22.8 Å². The van der Waals surface area contributed by atoms with Gasteiger partial charge in [0.25, 0.3) is 0 Å². The normalized spacial score (nSPS) is 13.8. The third-order valence-corrected chi connectivity index (χ3v) is 4.38. The molecule has 0 aromatic carbocycles. The Labute approximate surface area is 150 Å². The zero-order chi connectivity index (χ0) is 18.6. The van der Waals surface area contributed by atoms with Crippen LogP contribution in [0.2, 0.25) is 0 Å². The Kier molecular flexibility index (Phi) is 6.07. The van der Waals surface area contributed by atoms with Gasteiger partial charge in [-0.05, 0) is 69.5 Å². The molecule has 2 aromatic rings. The molecule has 1 atom stereocenters. The second-order valence-corrected chi connectivity index (χ2v) is 6.43. The average molecular weight is 339 g/mol. The highest BCUT2D eigenvalue weighted by Crippen LogP contribution is 2.29. The van der Waals surface area contributed by atoms with Gasteiger partial charge in [-0.2, -0.15) is 5.10 Å². The van der Waals surface area contributed by atoms with Gasteiger partial charge in [0, 0.05) is 6.04 Å². The Morgan fingerprint density at radius 2 is 2.08 bits per heavy atom. The summed E-state index contributed by atoms with van der Waals surface area (Å²) in [6, 6.07) is 4.69. The number of aryl methyl sites for hydroxylation is 2. The molecule has 1 unspecified atom stereocenters. The van der Waals surface area contributed by atoms with E-state index >= 15 is 0 Å². The molecule has 0 bridgehead atoms. The summed E-state index contributed by atoms with van der Waals surface area (Å²) < 4.78 is 7.24. The van der Waals surface area contributed by atoms with Crippen molar-refractivity contribution in [1.29, 1.82) is 0 Å². The number of aromatic nitrogens is 2. The Bertz CT molecular complexity index is 827. The maximum atomic E-state index is 5.22. The van der Waals surface area contributed by atoms with Crippen molar-refractivity contribution in [1.82, 2.24) is 9.61 Å². The number of rotatable bonds is 7. The first kappa shape index (κ1) is 18.8. The van der Waals surface area contributed by atoms with Crippen LogP contribution in [0.25, 0.3) is 11.1 Å². The molecule has 0 spiro atoms. The third-order valence-electron chi connectivity index (χ3n) is 4.38. The lowest BCUT2D eigenvalue weighted by atomic mass is 10.1. The number of nitrogens with zero attached hydrogens (tertiary/aromatic N) is 2. The van der Waals surface area contributed by atoms with E-state index in [-0.39, 0.29) is 0 Å². The molecule has 0 saturated carbocycles. The molecule has 0 aliphatic heterocycles. The molecule has 2 aromatic heterocycles. The number of methoxy groups -OCH3 is 1. The van der Waals surface area contributed by atoms with Gasteiger partial charge in [0.2, 0.25) is 0 Å². The maximum absolute atomic E-state index is 5.22. The van der Waals surface area contributed by atoms with Gasteiger partial charge in [-0.25, -0.2) is 4.52 Å². The van der Waals surface area contributed by atoms with Crippen LogP contribution < -0.4 is 5.32 Å². The fraction of sp³-hybridized carbons (Fsp3) is 0.381. The Morgan fingerprint density at radius 3 is 2.68 bits per heavy atom. The number of anilines is 1. The highest BCUT2D eigenvalue weighted by atomic mass is 16.5. The maximum Gasteiger partial charge on any atom is 0.0924 e. The first-order chi connectivity index (χ1) is 11.9. The van der Waals surface area contributed by atoms with Crippen LogP contribution in [0.15, 0.2) is 42.7 Å². The summed E-state index contributed by atoms with van der Waals surface area (Å²) in [4.78, 5) is 0. The molecule has 0 radical (unpaired) electrons. The number of fused-ring (bicyclic) bond motifs is 1. The number of nitrogens with one attached hydrogen (secondary N) is 1. The van der Waals surface area contributed by atoms with E-state index in [0.717, 1.165) is 40.3 Å². The summed E-state index contributed by atoms with van der Waals surface area (Å²) in [5.41, 5.74) is 6.41. The molecule has 0 aliphatic carbocycles. The van der Waals surface area contributed by atoms with Gasteiger partial charge >= 0.3 is 0 Å². The predicted molar refractivity (Wildman–Crippen MR) is 107 cm³/mol. The first-order valence-electron chi connectivity index (χ1n) is 8.73.